The SMILES string of the molecule is CCCCCC[C@@H](C)OOC(C)(C)OC. The van der Waals surface area contributed by atoms with Gasteiger partial charge in [-0.3, -0.25) is 0 Å². The van der Waals surface area contributed by atoms with Crippen LogP contribution in [-0.4, -0.2) is 19.0 Å². The van der Waals surface area contributed by atoms with Gasteiger partial charge in [0, 0.05) is 7.11 Å². The van der Waals surface area contributed by atoms with E-state index >= 15 is 0 Å². The van der Waals surface area contributed by atoms with Crippen molar-refractivity contribution in [3.05, 3.63) is 0 Å². The van der Waals surface area contributed by atoms with Crippen LogP contribution in [0.3, 0.4) is 0 Å². The van der Waals surface area contributed by atoms with Crippen molar-refractivity contribution in [1.29, 1.82) is 0 Å². The van der Waals surface area contributed by atoms with Crippen LogP contribution in [0.25, 0.3) is 0 Å². The summed E-state index contributed by atoms with van der Waals surface area (Å²) in [4.78, 5) is 10.4. The molecule has 15 heavy (non-hydrogen) atoms. The van der Waals surface area contributed by atoms with Crippen LogP contribution in [-0.2, 0) is 14.5 Å². The van der Waals surface area contributed by atoms with Gasteiger partial charge in [-0.2, -0.15) is 0 Å². The molecular formula is C12H26O3. The van der Waals surface area contributed by atoms with Crippen LogP contribution in [0.4, 0.5) is 0 Å². The van der Waals surface area contributed by atoms with Crippen molar-refractivity contribution >= 4 is 0 Å². The van der Waals surface area contributed by atoms with Crippen molar-refractivity contribution in [1.82, 2.24) is 0 Å². The van der Waals surface area contributed by atoms with E-state index in [-0.39, 0.29) is 6.10 Å². The van der Waals surface area contributed by atoms with E-state index in [1.165, 1.54) is 25.7 Å². The second kappa shape index (κ2) is 8.08. The summed E-state index contributed by atoms with van der Waals surface area (Å²) in [5, 5.41) is 0. The Hall–Kier alpha value is -0.120. The van der Waals surface area contributed by atoms with Gasteiger partial charge >= 0.3 is 0 Å². The van der Waals surface area contributed by atoms with E-state index in [1.54, 1.807) is 7.11 Å². The molecule has 0 aromatic heterocycles. The summed E-state index contributed by atoms with van der Waals surface area (Å²) >= 11 is 0. The molecule has 0 saturated heterocycles. The van der Waals surface area contributed by atoms with Crippen molar-refractivity contribution in [2.75, 3.05) is 7.11 Å². The molecule has 0 aliphatic heterocycles. The average Bonchev–Trinajstić information content (AvgIpc) is 2.22. The summed E-state index contributed by atoms with van der Waals surface area (Å²) in [6.45, 7) is 7.90. The van der Waals surface area contributed by atoms with Crippen LogP contribution >= 0.6 is 0 Å². The lowest BCUT2D eigenvalue weighted by Gasteiger charge is -2.23. The van der Waals surface area contributed by atoms with Crippen molar-refractivity contribution < 1.29 is 14.5 Å². The van der Waals surface area contributed by atoms with Crippen molar-refractivity contribution in [3.63, 3.8) is 0 Å². The summed E-state index contributed by atoms with van der Waals surface area (Å²) in [5.74, 6) is -0.655. The van der Waals surface area contributed by atoms with Gasteiger partial charge in [-0.05, 0) is 27.2 Å². The maximum Gasteiger partial charge on any atom is 0.195 e. The zero-order valence-corrected chi connectivity index (χ0v) is 10.8. The highest BCUT2D eigenvalue weighted by Gasteiger charge is 2.19. The number of hydrogen-bond acceptors (Lipinski definition) is 3. The van der Waals surface area contributed by atoms with E-state index in [9.17, 15) is 0 Å². The third-order valence-electron chi connectivity index (χ3n) is 2.37. The Morgan fingerprint density at radius 2 is 1.80 bits per heavy atom. The van der Waals surface area contributed by atoms with Gasteiger partial charge in [0.15, 0.2) is 5.79 Å². The molecule has 0 aliphatic carbocycles. The predicted molar refractivity (Wildman–Crippen MR) is 61.5 cm³/mol. The van der Waals surface area contributed by atoms with Crippen LogP contribution < -0.4 is 0 Å². The summed E-state index contributed by atoms with van der Waals surface area (Å²) in [6, 6.07) is 0. The van der Waals surface area contributed by atoms with E-state index in [4.69, 9.17) is 14.5 Å². The van der Waals surface area contributed by atoms with Gasteiger partial charge < -0.3 is 4.74 Å². The molecule has 3 heteroatoms. The van der Waals surface area contributed by atoms with E-state index in [2.05, 4.69) is 6.92 Å². The fourth-order valence-electron chi connectivity index (χ4n) is 1.14. The zero-order valence-electron chi connectivity index (χ0n) is 10.8. The Labute approximate surface area is 94.0 Å². The lowest BCUT2D eigenvalue weighted by atomic mass is 10.1. The first-order valence-corrected chi connectivity index (χ1v) is 5.91. The summed E-state index contributed by atoms with van der Waals surface area (Å²) < 4.78 is 5.08. The molecule has 0 bridgehead atoms. The third-order valence-corrected chi connectivity index (χ3v) is 2.37. The summed E-state index contributed by atoms with van der Waals surface area (Å²) in [5.41, 5.74) is 0. The number of methoxy groups -OCH3 is 1. The monoisotopic (exact) mass is 218 g/mol. The summed E-state index contributed by atoms with van der Waals surface area (Å²) in [6.07, 6.45) is 6.22. The highest BCUT2D eigenvalue weighted by Crippen LogP contribution is 2.14. The van der Waals surface area contributed by atoms with E-state index in [0.29, 0.717) is 0 Å². The quantitative estimate of drug-likeness (QED) is 0.256. The number of rotatable bonds is 9. The molecule has 3 nitrogen and oxygen atoms in total. The lowest BCUT2D eigenvalue weighted by molar-refractivity contribution is -0.429. The van der Waals surface area contributed by atoms with Gasteiger partial charge in [-0.1, -0.05) is 32.6 Å². The predicted octanol–water partition coefficient (Wildman–Crippen LogP) is 3.68. The number of hydrogen-bond donors (Lipinski definition) is 0. The van der Waals surface area contributed by atoms with Gasteiger partial charge in [0.05, 0.1) is 6.10 Å². The molecule has 0 radical (unpaired) electrons. The molecule has 0 aromatic rings. The minimum absolute atomic E-state index is 0.135. The number of unbranched alkanes of at least 4 members (excludes halogenated alkanes) is 3. The molecule has 0 heterocycles. The maximum absolute atomic E-state index is 5.25. The first kappa shape index (κ1) is 14.9. The molecule has 0 spiro atoms. The second-order valence-electron chi connectivity index (χ2n) is 4.44. The van der Waals surface area contributed by atoms with Crippen LogP contribution in [0.2, 0.25) is 0 Å². The third kappa shape index (κ3) is 8.85. The Balaban J connectivity index is 3.44. The van der Waals surface area contributed by atoms with E-state index < -0.39 is 5.79 Å². The highest BCUT2D eigenvalue weighted by molar-refractivity contribution is 4.51. The molecular weight excluding hydrogens is 192 g/mol. The fourth-order valence-corrected chi connectivity index (χ4v) is 1.14. The molecule has 1 atom stereocenters. The molecule has 0 aliphatic rings. The van der Waals surface area contributed by atoms with Crippen LogP contribution in [0.1, 0.15) is 59.8 Å². The van der Waals surface area contributed by atoms with E-state index in [1.807, 2.05) is 20.8 Å². The molecule has 0 N–H and O–H groups in total. The minimum atomic E-state index is -0.655. The van der Waals surface area contributed by atoms with Gasteiger partial charge in [0.1, 0.15) is 0 Å². The fraction of sp³-hybridized carbons (Fsp3) is 1.00. The topological polar surface area (TPSA) is 27.7 Å². The Morgan fingerprint density at radius 3 is 2.33 bits per heavy atom. The Kier molecular flexibility index (Phi) is 8.02. The number of ether oxygens (including phenoxy) is 1. The average molecular weight is 218 g/mol. The smallest absolute Gasteiger partial charge is 0.195 e. The van der Waals surface area contributed by atoms with Gasteiger partial charge in [0.25, 0.3) is 0 Å². The molecule has 0 fully saturated rings. The van der Waals surface area contributed by atoms with Crippen molar-refractivity contribution in [3.8, 4) is 0 Å². The van der Waals surface area contributed by atoms with Crippen molar-refractivity contribution in [2.24, 2.45) is 0 Å². The lowest BCUT2D eigenvalue weighted by Crippen LogP contribution is -2.28. The Bertz CT molecular complexity index is 146. The minimum Gasteiger partial charge on any atom is -0.351 e. The normalized spacial score (nSPS) is 14.2. The molecule has 0 unspecified atom stereocenters. The second-order valence-corrected chi connectivity index (χ2v) is 4.44. The van der Waals surface area contributed by atoms with Crippen LogP contribution in [0.15, 0.2) is 0 Å². The van der Waals surface area contributed by atoms with E-state index in [0.717, 1.165) is 6.42 Å². The van der Waals surface area contributed by atoms with Gasteiger partial charge in [0.2, 0.25) is 0 Å². The molecule has 0 amide bonds. The van der Waals surface area contributed by atoms with Gasteiger partial charge in [-0.25, -0.2) is 9.78 Å². The highest BCUT2D eigenvalue weighted by atomic mass is 17.2. The van der Waals surface area contributed by atoms with Gasteiger partial charge in [-0.15, -0.1) is 0 Å². The first-order chi connectivity index (χ1) is 7.02. The first-order valence-electron chi connectivity index (χ1n) is 5.91. The molecule has 92 valence electrons. The van der Waals surface area contributed by atoms with Crippen molar-refractivity contribution in [2.45, 2.75) is 71.7 Å². The largest absolute Gasteiger partial charge is 0.351 e. The molecule has 0 aromatic carbocycles. The maximum atomic E-state index is 5.25. The van der Waals surface area contributed by atoms with Crippen LogP contribution in [0.5, 0.6) is 0 Å². The standard InChI is InChI=1S/C12H26O3/c1-6-7-8-9-10-11(2)14-15-12(3,4)13-5/h11H,6-10H2,1-5H3/t11-/m1/s1. The van der Waals surface area contributed by atoms with Crippen LogP contribution in [0, 0.1) is 0 Å². The Morgan fingerprint density at radius 1 is 1.13 bits per heavy atom. The summed E-state index contributed by atoms with van der Waals surface area (Å²) in [7, 11) is 1.61. The molecule has 0 rings (SSSR count). The zero-order chi connectivity index (χ0) is 11.7. The molecule has 0 saturated carbocycles.